The Morgan fingerprint density at radius 2 is 1.06 bits per heavy atom. The van der Waals surface area contributed by atoms with Crippen molar-refractivity contribution >= 4 is 55.7 Å². The van der Waals surface area contributed by atoms with E-state index in [1.54, 1.807) is 0 Å². The second-order valence-electron chi connectivity index (χ2n) is 24.7. The van der Waals surface area contributed by atoms with Crippen LogP contribution in [-0.4, -0.2) is 9.55 Å². The van der Waals surface area contributed by atoms with Gasteiger partial charge in [-0.25, -0.2) is 4.98 Å². The number of pyridine rings is 1. The number of para-hydroxylation sites is 2. The Bertz CT molecular complexity index is 3970. The SMILES string of the molecule is CC(C)(C)c1cc(-c2cc(C(C)(C)C)cc(-c3cccc(-c4ccccc4)c3)c2N2[CH-]N(c3[c-]c(Oc4[c-]c5c6c(c4)oc4cccc(c46)n5-c4cc(C(C)(C)C)ccn4)ccc3)c3ccccc32)cc(C(C)(C)C)c1.[Pt]. The summed E-state index contributed by atoms with van der Waals surface area (Å²) in [5.41, 5.74) is 19.2. The van der Waals surface area contributed by atoms with Gasteiger partial charge in [-0.05, 0) is 126 Å². The van der Waals surface area contributed by atoms with E-state index in [-0.39, 0.29) is 42.7 Å². The normalized spacial score (nSPS) is 13.2. The minimum atomic E-state index is -0.151. The molecule has 0 atom stereocenters. The molecular weight excluding hydrogens is 1120 g/mol. The molecule has 7 heteroatoms. The van der Waals surface area contributed by atoms with E-state index in [2.05, 4.69) is 250 Å². The molecule has 8 aromatic carbocycles. The van der Waals surface area contributed by atoms with Crippen LogP contribution in [0.15, 0.2) is 174 Å². The van der Waals surface area contributed by atoms with Crippen molar-refractivity contribution in [3.63, 3.8) is 0 Å². The first-order chi connectivity index (χ1) is 36.2. The number of nitrogens with zero attached hydrogens (tertiary/aromatic N) is 4. The second-order valence-corrected chi connectivity index (χ2v) is 24.7. The minimum absolute atomic E-state index is 0. The molecule has 12 rings (SSSR count). The summed E-state index contributed by atoms with van der Waals surface area (Å²) in [7, 11) is 0. The zero-order valence-electron chi connectivity index (χ0n) is 46.2. The van der Waals surface area contributed by atoms with E-state index in [9.17, 15) is 0 Å². The zero-order chi connectivity index (χ0) is 53.1. The van der Waals surface area contributed by atoms with Crippen molar-refractivity contribution in [2.75, 3.05) is 9.80 Å². The van der Waals surface area contributed by atoms with Gasteiger partial charge in [-0.15, -0.1) is 36.6 Å². The van der Waals surface area contributed by atoms with Gasteiger partial charge >= 0.3 is 0 Å². The number of fused-ring (bicyclic) bond motifs is 1. The van der Waals surface area contributed by atoms with Crippen LogP contribution in [-0.2, 0) is 42.7 Å². The molecule has 0 radical (unpaired) electrons. The first-order valence-electron chi connectivity index (χ1n) is 26.6. The first kappa shape index (κ1) is 51.7. The molecule has 3 aromatic heterocycles. The fraction of sp³-hybridized carbons (Fsp3) is 0.229. The van der Waals surface area contributed by atoms with Crippen LogP contribution in [0.5, 0.6) is 11.5 Å². The van der Waals surface area contributed by atoms with Gasteiger partial charge in [-0.3, -0.25) is 0 Å². The smallest absolute Gasteiger partial charge is 0.135 e. The number of furan rings is 1. The average Bonchev–Trinajstić information content (AvgIpc) is 4.11. The standard InChI is InChI=1S/C70H65N4O2.Pt/c1-67(2,3)48-31-32-71-63(39-48)74-59-29-20-30-61-64(59)65-60(74)41-54(42-62(65)76-61)75-53-26-19-25-52(40-53)72-43-73(58-28-17-16-27-57(58)72)66-55(46-24-18-23-45(33-46)44-21-14-13-15-22-44)37-51(70(10,11)12)38-56(66)47-34-49(68(4,5)6)36-50(35-47)69(7,8)9;/h13-39,42-43H,1-12H3;/q-3;. The number of rotatable bonds is 8. The van der Waals surface area contributed by atoms with Crippen LogP contribution in [0.1, 0.15) is 105 Å². The van der Waals surface area contributed by atoms with E-state index >= 15 is 0 Å². The maximum absolute atomic E-state index is 6.82. The molecule has 0 saturated heterocycles. The Morgan fingerprint density at radius 1 is 0.468 bits per heavy atom. The molecular formula is C70H65N4O2Pt-3. The quantitative estimate of drug-likeness (QED) is 0.142. The van der Waals surface area contributed by atoms with Crippen LogP contribution in [0, 0.1) is 18.8 Å². The van der Waals surface area contributed by atoms with E-state index in [4.69, 9.17) is 14.1 Å². The molecule has 0 unspecified atom stereocenters. The molecule has 1 aliphatic rings. The molecule has 0 saturated carbocycles. The van der Waals surface area contributed by atoms with Crippen LogP contribution in [0.4, 0.5) is 22.7 Å². The molecule has 4 heterocycles. The van der Waals surface area contributed by atoms with Gasteiger partial charge in [-0.1, -0.05) is 185 Å². The van der Waals surface area contributed by atoms with Gasteiger partial charge in [0.2, 0.25) is 0 Å². The predicted octanol–water partition coefficient (Wildman–Crippen LogP) is 19.4. The molecule has 0 N–H and O–H groups in total. The van der Waals surface area contributed by atoms with E-state index in [0.717, 1.165) is 72.7 Å². The Morgan fingerprint density at radius 3 is 1.75 bits per heavy atom. The Kier molecular flexibility index (Phi) is 12.7. The van der Waals surface area contributed by atoms with Crippen molar-refractivity contribution in [1.29, 1.82) is 0 Å². The number of ether oxygens (including phenoxy) is 1. The average molecular weight is 1190 g/mol. The van der Waals surface area contributed by atoms with Crippen LogP contribution < -0.4 is 14.5 Å². The van der Waals surface area contributed by atoms with Crippen molar-refractivity contribution in [3.05, 3.63) is 211 Å². The Labute approximate surface area is 469 Å². The fourth-order valence-electron chi connectivity index (χ4n) is 10.7. The van der Waals surface area contributed by atoms with E-state index in [1.807, 2.05) is 36.5 Å². The summed E-state index contributed by atoms with van der Waals surface area (Å²) >= 11 is 0. The van der Waals surface area contributed by atoms with E-state index in [0.29, 0.717) is 11.5 Å². The van der Waals surface area contributed by atoms with Gasteiger partial charge in [0, 0.05) is 78.0 Å². The van der Waals surface area contributed by atoms with Gasteiger partial charge < -0.3 is 23.5 Å². The molecule has 0 bridgehead atoms. The Hall–Kier alpha value is -7.40. The van der Waals surface area contributed by atoms with Crippen molar-refractivity contribution < 1.29 is 30.2 Å². The zero-order valence-corrected chi connectivity index (χ0v) is 48.4. The monoisotopic (exact) mass is 1190 g/mol. The first-order valence-corrected chi connectivity index (χ1v) is 26.6. The molecule has 0 aliphatic carbocycles. The molecule has 0 fully saturated rings. The summed E-state index contributed by atoms with van der Waals surface area (Å²) in [6.45, 7) is 29.8. The molecule has 0 spiro atoms. The Balaban J connectivity index is 0.00000631. The predicted molar refractivity (Wildman–Crippen MR) is 316 cm³/mol. The number of aromatic nitrogens is 2. The summed E-state index contributed by atoms with van der Waals surface area (Å²) < 4.78 is 15.5. The summed E-state index contributed by atoms with van der Waals surface area (Å²) in [6, 6.07) is 66.4. The van der Waals surface area contributed by atoms with Crippen molar-refractivity contribution in [1.82, 2.24) is 9.55 Å². The van der Waals surface area contributed by atoms with Gasteiger partial charge in [-0.2, -0.15) is 6.07 Å². The molecule has 1 aliphatic heterocycles. The largest absolute Gasteiger partial charge is 0.509 e. The van der Waals surface area contributed by atoms with E-state index < -0.39 is 0 Å². The third kappa shape index (κ3) is 9.43. The van der Waals surface area contributed by atoms with Crippen LogP contribution in [0.25, 0.3) is 72.2 Å². The molecule has 11 aromatic rings. The summed E-state index contributed by atoms with van der Waals surface area (Å²) in [5, 5.41) is 2.06. The fourth-order valence-corrected chi connectivity index (χ4v) is 10.7. The molecule has 77 heavy (non-hydrogen) atoms. The van der Waals surface area contributed by atoms with E-state index in [1.165, 1.54) is 44.5 Å². The van der Waals surface area contributed by atoms with Crippen molar-refractivity contribution in [3.8, 4) is 50.7 Å². The molecule has 6 nitrogen and oxygen atoms in total. The van der Waals surface area contributed by atoms with Gasteiger partial charge in [0.25, 0.3) is 0 Å². The molecule has 390 valence electrons. The third-order valence-electron chi connectivity index (χ3n) is 15.1. The van der Waals surface area contributed by atoms with Gasteiger partial charge in [0.1, 0.15) is 11.4 Å². The summed E-state index contributed by atoms with van der Waals surface area (Å²) in [6.07, 6.45) is 1.90. The summed E-state index contributed by atoms with van der Waals surface area (Å²) in [4.78, 5) is 9.55. The topological polar surface area (TPSA) is 46.7 Å². The van der Waals surface area contributed by atoms with Crippen LogP contribution in [0.2, 0.25) is 0 Å². The number of anilines is 4. The maximum atomic E-state index is 6.82. The van der Waals surface area contributed by atoms with Gasteiger partial charge in [0.05, 0.1) is 0 Å². The maximum Gasteiger partial charge on any atom is 0.135 e. The number of benzene rings is 8. The number of hydrogen-bond donors (Lipinski definition) is 0. The van der Waals surface area contributed by atoms with Crippen molar-refractivity contribution in [2.45, 2.75) is 105 Å². The summed E-state index contributed by atoms with van der Waals surface area (Å²) in [5.74, 6) is 1.90. The van der Waals surface area contributed by atoms with Gasteiger partial charge in [0.15, 0.2) is 0 Å². The number of hydrogen-bond acceptors (Lipinski definition) is 5. The molecule has 0 amide bonds. The second kappa shape index (κ2) is 19.0. The van der Waals surface area contributed by atoms with Crippen molar-refractivity contribution in [2.24, 2.45) is 0 Å². The third-order valence-corrected chi connectivity index (χ3v) is 15.1. The minimum Gasteiger partial charge on any atom is -0.509 e. The van der Waals surface area contributed by atoms with Crippen LogP contribution >= 0.6 is 0 Å². The van der Waals surface area contributed by atoms with Crippen LogP contribution in [0.3, 0.4) is 0 Å².